The molecule has 2 atom stereocenters. The number of rotatable bonds is 5. The molecule has 0 aromatic rings. The van der Waals surface area contributed by atoms with Crippen LogP contribution in [0.5, 0.6) is 0 Å². The SMILES string of the molecule is CC1CCCN(CCCN2CCOCC2)C1CO. The molecule has 2 aliphatic rings. The van der Waals surface area contributed by atoms with E-state index in [2.05, 4.69) is 16.7 Å². The van der Waals surface area contributed by atoms with Crippen LogP contribution in [0.4, 0.5) is 0 Å². The van der Waals surface area contributed by atoms with Crippen LogP contribution < -0.4 is 0 Å². The summed E-state index contributed by atoms with van der Waals surface area (Å²) in [5.41, 5.74) is 0. The van der Waals surface area contributed by atoms with Crippen molar-refractivity contribution < 1.29 is 9.84 Å². The molecule has 2 aliphatic heterocycles. The summed E-state index contributed by atoms with van der Waals surface area (Å²) in [7, 11) is 0. The van der Waals surface area contributed by atoms with Gasteiger partial charge in [-0.25, -0.2) is 0 Å². The fourth-order valence-corrected chi connectivity index (χ4v) is 3.23. The van der Waals surface area contributed by atoms with Crippen LogP contribution in [0.1, 0.15) is 26.2 Å². The molecule has 2 fully saturated rings. The number of morpholine rings is 1. The minimum absolute atomic E-state index is 0.318. The second-order valence-corrected chi connectivity index (χ2v) is 5.71. The fourth-order valence-electron chi connectivity index (χ4n) is 3.23. The molecule has 0 spiro atoms. The van der Waals surface area contributed by atoms with Crippen molar-refractivity contribution in [2.24, 2.45) is 5.92 Å². The Morgan fingerprint density at radius 1 is 1.17 bits per heavy atom. The van der Waals surface area contributed by atoms with Gasteiger partial charge in [0.2, 0.25) is 0 Å². The van der Waals surface area contributed by atoms with Crippen molar-refractivity contribution in [3.63, 3.8) is 0 Å². The van der Waals surface area contributed by atoms with Gasteiger partial charge in [0.15, 0.2) is 0 Å². The van der Waals surface area contributed by atoms with Crippen molar-refractivity contribution in [3.8, 4) is 0 Å². The van der Waals surface area contributed by atoms with E-state index in [-0.39, 0.29) is 0 Å². The predicted octanol–water partition coefficient (Wildman–Crippen LogP) is 0.802. The van der Waals surface area contributed by atoms with Crippen molar-refractivity contribution in [3.05, 3.63) is 0 Å². The largest absolute Gasteiger partial charge is 0.395 e. The number of hydrogen-bond acceptors (Lipinski definition) is 4. The molecule has 2 saturated heterocycles. The van der Waals surface area contributed by atoms with E-state index in [1.807, 2.05) is 0 Å². The zero-order valence-corrected chi connectivity index (χ0v) is 11.7. The molecule has 4 nitrogen and oxygen atoms in total. The molecule has 0 amide bonds. The normalized spacial score (nSPS) is 31.7. The highest BCUT2D eigenvalue weighted by molar-refractivity contribution is 4.81. The van der Waals surface area contributed by atoms with E-state index < -0.39 is 0 Å². The van der Waals surface area contributed by atoms with Gasteiger partial charge in [0, 0.05) is 19.1 Å². The minimum Gasteiger partial charge on any atom is -0.395 e. The summed E-state index contributed by atoms with van der Waals surface area (Å²) in [6, 6.07) is 0.392. The first-order chi connectivity index (χ1) is 8.81. The van der Waals surface area contributed by atoms with Gasteiger partial charge in [-0.05, 0) is 44.8 Å². The molecule has 2 unspecified atom stereocenters. The second-order valence-electron chi connectivity index (χ2n) is 5.71. The van der Waals surface area contributed by atoms with E-state index in [0.717, 1.165) is 32.8 Å². The number of likely N-dealkylation sites (tertiary alicyclic amines) is 1. The minimum atomic E-state index is 0.318. The number of nitrogens with zero attached hydrogens (tertiary/aromatic N) is 2. The van der Waals surface area contributed by atoms with Crippen LogP contribution in [0.15, 0.2) is 0 Å². The second kappa shape index (κ2) is 7.43. The molecule has 2 rings (SSSR count). The average Bonchev–Trinajstić information content (AvgIpc) is 2.40. The summed E-state index contributed by atoms with van der Waals surface area (Å²) in [6.45, 7) is 10.0. The summed E-state index contributed by atoms with van der Waals surface area (Å²) < 4.78 is 5.36. The Bertz CT molecular complexity index is 232. The quantitative estimate of drug-likeness (QED) is 0.789. The van der Waals surface area contributed by atoms with E-state index in [4.69, 9.17) is 4.74 Å². The van der Waals surface area contributed by atoms with Gasteiger partial charge in [0.25, 0.3) is 0 Å². The molecule has 0 bridgehead atoms. The van der Waals surface area contributed by atoms with Gasteiger partial charge < -0.3 is 9.84 Å². The zero-order chi connectivity index (χ0) is 12.8. The molecular formula is C14H28N2O2. The molecule has 2 heterocycles. The monoisotopic (exact) mass is 256 g/mol. The first-order valence-corrected chi connectivity index (χ1v) is 7.46. The molecule has 106 valence electrons. The van der Waals surface area contributed by atoms with Gasteiger partial charge in [-0.2, -0.15) is 0 Å². The molecule has 0 radical (unpaired) electrons. The van der Waals surface area contributed by atoms with Crippen molar-refractivity contribution in [1.82, 2.24) is 9.80 Å². The van der Waals surface area contributed by atoms with Crippen molar-refractivity contribution in [1.29, 1.82) is 0 Å². The maximum atomic E-state index is 9.51. The Kier molecular flexibility index (Phi) is 5.89. The van der Waals surface area contributed by atoms with E-state index in [1.165, 1.54) is 32.4 Å². The van der Waals surface area contributed by atoms with Crippen LogP contribution in [0, 0.1) is 5.92 Å². The highest BCUT2D eigenvalue weighted by Gasteiger charge is 2.27. The maximum absolute atomic E-state index is 9.51. The Morgan fingerprint density at radius 2 is 1.94 bits per heavy atom. The lowest BCUT2D eigenvalue weighted by atomic mass is 9.91. The van der Waals surface area contributed by atoms with Gasteiger partial charge in [0.1, 0.15) is 0 Å². The smallest absolute Gasteiger partial charge is 0.0594 e. The summed E-state index contributed by atoms with van der Waals surface area (Å²) in [6.07, 6.45) is 3.77. The fraction of sp³-hybridized carbons (Fsp3) is 1.00. The molecule has 1 N–H and O–H groups in total. The van der Waals surface area contributed by atoms with Crippen LogP contribution >= 0.6 is 0 Å². The van der Waals surface area contributed by atoms with E-state index >= 15 is 0 Å². The van der Waals surface area contributed by atoms with Crippen molar-refractivity contribution in [2.45, 2.75) is 32.2 Å². The standard InChI is InChI=1S/C14H28N2O2/c1-13-4-2-6-16(14(13)12-17)7-3-5-15-8-10-18-11-9-15/h13-14,17H,2-12H2,1H3. The van der Waals surface area contributed by atoms with Crippen LogP contribution in [0.25, 0.3) is 0 Å². The van der Waals surface area contributed by atoms with Gasteiger partial charge in [-0.3, -0.25) is 9.80 Å². The molecular weight excluding hydrogens is 228 g/mol. The zero-order valence-electron chi connectivity index (χ0n) is 11.7. The third-order valence-corrected chi connectivity index (χ3v) is 4.44. The van der Waals surface area contributed by atoms with Crippen molar-refractivity contribution >= 4 is 0 Å². The van der Waals surface area contributed by atoms with Gasteiger partial charge in [0.05, 0.1) is 19.8 Å². The molecule has 4 heteroatoms. The number of piperidine rings is 1. The lowest BCUT2D eigenvalue weighted by Crippen LogP contribution is -2.47. The third-order valence-electron chi connectivity index (χ3n) is 4.44. The lowest BCUT2D eigenvalue weighted by molar-refractivity contribution is 0.0276. The van der Waals surface area contributed by atoms with E-state index in [1.54, 1.807) is 0 Å². The first-order valence-electron chi connectivity index (χ1n) is 7.46. The first kappa shape index (κ1) is 14.3. The van der Waals surface area contributed by atoms with Gasteiger partial charge in [-0.15, -0.1) is 0 Å². The summed E-state index contributed by atoms with van der Waals surface area (Å²) >= 11 is 0. The molecule has 0 saturated carbocycles. The maximum Gasteiger partial charge on any atom is 0.0594 e. The van der Waals surface area contributed by atoms with Crippen LogP contribution in [-0.4, -0.2) is 73.5 Å². The van der Waals surface area contributed by atoms with E-state index in [0.29, 0.717) is 18.6 Å². The van der Waals surface area contributed by atoms with Gasteiger partial charge >= 0.3 is 0 Å². The van der Waals surface area contributed by atoms with Crippen molar-refractivity contribution in [2.75, 3.05) is 52.5 Å². The summed E-state index contributed by atoms with van der Waals surface area (Å²) in [5.74, 6) is 0.645. The molecule has 0 aromatic heterocycles. The Hall–Kier alpha value is -0.160. The summed E-state index contributed by atoms with van der Waals surface area (Å²) in [5, 5.41) is 9.51. The van der Waals surface area contributed by atoms with Crippen LogP contribution in [0.2, 0.25) is 0 Å². The average molecular weight is 256 g/mol. The Balaban J connectivity index is 1.68. The number of aliphatic hydroxyl groups excluding tert-OH is 1. The highest BCUT2D eigenvalue weighted by atomic mass is 16.5. The topological polar surface area (TPSA) is 35.9 Å². The highest BCUT2D eigenvalue weighted by Crippen LogP contribution is 2.22. The molecule has 18 heavy (non-hydrogen) atoms. The molecule has 0 aliphatic carbocycles. The summed E-state index contributed by atoms with van der Waals surface area (Å²) in [4.78, 5) is 4.99. The van der Waals surface area contributed by atoms with E-state index in [9.17, 15) is 5.11 Å². The number of aliphatic hydroxyl groups is 1. The third kappa shape index (κ3) is 3.92. The van der Waals surface area contributed by atoms with Gasteiger partial charge in [-0.1, -0.05) is 6.92 Å². The Morgan fingerprint density at radius 3 is 2.67 bits per heavy atom. The lowest BCUT2D eigenvalue weighted by Gasteiger charge is -2.39. The predicted molar refractivity (Wildman–Crippen MR) is 72.7 cm³/mol. The molecule has 0 aromatic carbocycles. The Labute approximate surface area is 111 Å². The van der Waals surface area contributed by atoms with Crippen LogP contribution in [0.3, 0.4) is 0 Å². The number of hydrogen-bond donors (Lipinski definition) is 1. The number of ether oxygens (including phenoxy) is 1. The van der Waals surface area contributed by atoms with Crippen LogP contribution in [-0.2, 0) is 4.74 Å².